The monoisotopic (exact) mass is 403 g/mol. The fourth-order valence-corrected chi connectivity index (χ4v) is 2.56. The molecule has 0 aliphatic carbocycles. The smallest absolute Gasteiger partial charge is 0.338 e. The lowest BCUT2D eigenvalue weighted by Crippen LogP contribution is -2.12. The molecule has 0 aromatic carbocycles. The third-order valence-electron chi connectivity index (χ3n) is 3.84. The molecule has 1 amide bonds. The number of nitrogens with zero attached hydrogens (tertiary/aromatic N) is 5. The third kappa shape index (κ3) is 3.72. The summed E-state index contributed by atoms with van der Waals surface area (Å²) in [4.78, 5) is 20.4. The lowest BCUT2D eigenvalue weighted by Gasteiger charge is -2.12. The number of halogens is 3. The van der Waals surface area contributed by atoms with Crippen LogP contribution < -0.4 is 10.6 Å². The maximum atomic E-state index is 13.2. The number of carbonyl (C=O) groups excluding carboxylic acids is 1. The van der Waals surface area contributed by atoms with E-state index in [1.54, 1.807) is 6.92 Å². The molecule has 0 bridgehead atoms. The Morgan fingerprint density at radius 2 is 2.10 bits per heavy atom. The molecule has 0 spiro atoms. The predicted octanol–water partition coefficient (Wildman–Crippen LogP) is 3.44. The fourth-order valence-electron chi connectivity index (χ4n) is 2.56. The van der Waals surface area contributed by atoms with E-state index in [4.69, 9.17) is 4.52 Å². The average Bonchev–Trinajstić information content (AvgIpc) is 3.27. The summed E-state index contributed by atoms with van der Waals surface area (Å²) in [5, 5.41) is 12.7. The Morgan fingerprint density at radius 3 is 2.83 bits per heavy atom. The highest BCUT2D eigenvalue weighted by Crippen LogP contribution is 2.34. The van der Waals surface area contributed by atoms with Gasteiger partial charge in [-0.2, -0.15) is 18.3 Å². The average molecular weight is 403 g/mol. The molecule has 0 radical (unpaired) electrons. The maximum absolute atomic E-state index is 13.2. The second-order valence-corrected chi connectivity index (χ2v) is 5.95. The van der Waals surface area contributed by atoms with Crippen LogP contribution in [-0.2, 0) is 6.18 Å². The Kier molecular flexibility index (Phi) is 4.37. The minimum Gasteiger partial charge on any atom is -0.338 e. The van der Waals surface area contributed by atoms with Crippen molar-refractivity contribution in [3.8, 4) is 0 Å². The van der Waals surface area contributed by atoms with E-state index in [2.05, 4.69) is 30.9 Å². The van der Waals surface area contributed by atoms with E-state index in [1.807, 2.05) is 0 Å². The normalized spacial score (nSPS) is 11.6. The third-order valence-corrected chi connectivity index (χ3v) is 3.84. The molecule has 0 aliphatic rings. The number of alkyl halides is 3. The van der Waals surface area contributed by atoms with Crippen LogP contribution in [0.25, 0.3) is 5.65 Å². The highest BCUT2D eigenvalue weighted by atomic mass is 19.4. The lowest BCUT2D eigenvalue weighted by atomic mass is 10.2. The molecule has 4 aromatic heterocycles. The molecule has 4 aromatic rings. The number of hydrogen-bond acceptors (Lipinski definition) is 7. The van der Waals surface area contributed by atoms with Gasteiger partial charge in [0.25, 0.3) is 5.91 Å². The zero-order chi connectivity index (χ0) is 20.6. The van der Waals surface area contributed by atoms with E-state index in [1.165, 1.54) is 41.3 Å². The van der Waals surface area contributed by atoms with Crippen LogP contribution in [0.5, 0.6) is 0 Å². The summed E-state index contributed by atoms with van der Waals surface area (Å²) in [6, 6.07) is 5.04. The molecule has 2 N–H and O–H groups in total. The number of amides is 1. The number of hydrogen-bond donors (Lipinski definition) is 2. The van der Waals surface area contributed by atoms with Crippen LogP contribution in [0.4, 0.5) is 30.7 Å². The molecular formula is C17H12F3N7O2. The summed E-state index contributed by atoms with van der Waals surface area (Å²) in [7, 11) is 0. The molecule has 0 aliphatic heterocycles. The van der Waals surface area contributed by atoms with Gasteiger partial charge in [0.1, 0.15) is 17.2 Å². The molecule has 148 valence electrons. The van der Waals surface area contributed by atoms with Crippen molar-refractivity contribution in [2.24, 2.45) is 0 Å². The molecule has 0 fully saturated rings. The minimum absolute atomic E-state index is 0.0618. The van der Waals surface area contributed by atoms with Crippen molar-refractivity contribution in [3.63, 3.8) is 0 Å². The van der Waals surface area contributed by atoms with Crippen LogP contribution in [0.15, 0.2) is 47.4 Å². The first kappa shape index (κ1) is 18.4. The molecule has 0 saturated heterocycles. The van der Waals surface area contributed by atoms with Gasteiger partial charge < -0.3 is 9.84 Å². The summed E-state index contributed by atoms with van der Waals surface area (Å²) in [5.41, 5.74) is -0.123. The second-order valence-electron chi connectivity index (χ2n) is 5.95. The van der Waals surface area contributed by atoms with E-state index < -0.39 is 23.5 Å². The van der Waals surface area contributed by atoms with Gasteiger partial charge in [-0.05, 0) is 25.1 Å². The van der Waals surface area contributed by atoms with Crippen LogP contribution in [0.1, 0.15) is 21.6 Å². The second kappa shape index (κ2) is 6.89. The van der Waals surface area contributed by atoms with Gasteiger partial charge in [0.2, 0.25) is 5.88 Å². The Bertz CT molecular complexity index is 1200. The molecule has 0 saturated carbocycles. The first-order valence-electron chi connectivity index (χ1n) is 8.19. The number of anilines is 3. The van der Waals surface area contributed by atoms with Crippen molar-refractivity contribution >= 4 is 29.1 Å². The number of fused-ring (bicyclic) bond motifs is 1. The SMILES string of the molecule is Cc1cc(NC(=O)c2cnn3ccc(Nc4ncccc4C(F)(F)F)nc23)on1. The first-order chi connectivity index (χ1) is 13.8. The topological polar surface area (TPSA) is 110 Å². The van der Waals surface area contributed by atoms with Gasteiger partial charge >= 0.3 is 6.18 Å². The Labute approximate surface area is 160 Å². The van der Waals surface area contributed by atoms with E-state index in [0.717, 1.165) is 6.07 Å². The Hall–Kier alpha value is -3.96. The Balaban J connectivity index is 1.65. The quantitative estimate of drug-likeness (QED) is 0.537. The summed E-state index contributed by atoms with van der Waals surface area (Å²) in [6.07, 6.45) is -0.617. The fraction of sp³-hybridized carbons (Fsp3) is 0.118. The lowest BCUT2D eigenvalue weighted by molar-refractivity contribution is -0.137. The van der Waals surface area contributed by atoms with Gasteiger partial charge in [-0.15, -0.1) is 0 Å². The number of pyridine rings is 1. The number of aromatic nitrogens is 5. The number of rotatable bonds is 4. The van der Waals surface area contributed by atoms with Gasteiger partial charge in [-0.3, -0.25) is 10.1 Å². The highest BCUT2D eigenvalue weighted by Gasteiger charge is 2.34. The highest BCUT2D eigenvalue weighted by molar-refractivity contribution is 6.07. The molecular weight excluding hydrogens is 391 g/mol. The summed E-state index contributed by atoms with van der Waals surface area (Å²) in [6.45, 7) is 1.70. The molecule has 29 heavy (non-hydrogen) atoms. The first-order valence-corrected chi connectivity index (χ1v) is 8.19. The summed E-state index contributed by atoms with van der Waals surface area (Å²) >= 11 is 0. The van der Waals surface area contributed by atoms with Crippen molar-refractivity contribution in [2.45, 2.75) is 13.1 Å². The molecule has 4 rings (SSSR count). The van der Waals surface area contributed by atoms with Crippen LogP contribution in [-0.4, -0.2) is 30.6 Å². The van der Waals surface area contributed by atoms with Crippen LogP contribution in [0, 0.1) is 6.92 Å². The molecule has 0 atom stereocenters. The van der Waals surface area contributed by atoms with Crippen molar-refractivity contribution < 1.29 is 22.5 Å². The summed E-state index contributed by atoms with van der Waals surface area (Å²) < 4.78 is 45.7. The number of nitrogens with one attached hydrogen (secondary N) is 2. The van der Waals surface area contributed by atoms with E-state index >= 15 is 0 Å². The van der Waals surface area contributed by atoms with Crippen molar-refractivity contribution in [1.82, 2.24) is 24.7 Å². The van der Waals surface area contributed by atoms with Crippen LogP contribution >= 0.6 is 0 Å². The van der Waals surface area contributed by atoms with Crippen molar-refractivity contribution in [2.75, 3.05) is 10.6 Å². The van der Waals surface area contributed by atoms with Gasteiger partial charge in [0, 0.05) is 18.5 Å². The molecule has 4 heterocycles. The minimum atomic E-state index is -4.59. The standard InChI is InChI=1S/C17H12F3N7O2/c1-9-7-13(29-26-9)25-16(28)10-8-22-27-6-4-12(24-15(10)27)23-14-11(17(18,19)20)3-2-5-21-14/h2-8H,1H3,(H,25,28)(H,21,23,24). The van der Waals surface area contributed by atoms with E-state index in [0.29, 0.717) is 5.69 Å². The van der Waals surface area contributed by atoms with E-state index in [9.17, 15) is 18.0 Å². The zero-order valence-electron chi connectivity index (χ0n) is 14.7. The number of aryl methyl sites for hydroxylation is 1. The number of carbonyl (C=O) groups is 1. The zero-order valence-corrected chi connectivity index (χ0v) is 14.7. The van der Waals surface area contributed by atoms with Gasteiger partial charge in [-0.25, -0.2) is 14.5 Å². The van der Waals surface area contributed by atoms with Gasteiger partial charge in [0.15, 0.2) is 5.65 Å². The van der Waals surface area contributed by atoms with Gasteiger partial charge in [0.05, 0.1) is 17.5 Å². The summed E-state index contributed by atoms with van der Waals surface area (Å²) in [5.74, 6) is -0.759. The van der Waals surface area contributed by atoms with Crippen LogP contribution in [0.2, 0.25) is 0 Å². The van der Waals surface area contributed by atoms with E-state index in [-0.39, 0.29) is 22.9 Å². The van der Waals surface area contributed by atoms with Crippen molar-refractivity contribution in [1.29, 1.82) is 0 Å². The molecule has 0 unspecified atom stereocenters. The van der Waals surface area contributed by atoms with Crippen molar-refractivity contribution in [3.05, 3.63) is 59.7 Å². The Morgan fingerprint density at radius 1 is 1.28 bits per heavy atom. The molecule has 9 nitrogen and oxygen atoms in total. The van der Waals surface area contributed by atoms with Crippen LogP contribution in [0.3, 0.4) is 0 Å². The maximum Gasteiger partial charge on any atom is 0.419 e. The predicted molar refractivity (Wildman–Crippen MR) is 94.7 cm³/mol. The van der Waals surface area contributed by atoms with Gasteiger partial charge in [-0.1, -0.05) is 5.16 Å². The largest absolute Gasteiger partial charge is 0.419 e. The molecule has 12 heteroatoms.